The number of piperidine rings is 1. The van der Waals surface area contributed by atoms with Crippen LogP contribution in [-0.2, 0) is 16.0 Å². The number of hydrogen-bond acceptors (Lipinski definition) is 2. The van der Waals surface area contributed by atoms with E-state index in [4.69, 9.17) is 4.74 Å². The predicted molar refractivity (Wildman–Crippen MR) is 127 cm³/mol. The summed E-state index contributed by atoms with van der Waals surface area (Å²) in [7, 11) is 0. The molecule has 32 heavy (non-hydrogen) atoms. The molecule has 0 radical (unpaired) electrons. The molecule has 1 amide bonds. The number of likely N-dealkylation sites (tertiary alicyclic amines) is 1. The first kappa shape index (κ1) is 23.0. The number of hydrogen-bond donors (Lipinski definition) is 3. The van der Waals surface area contributed by atoms with Crippen LogP contribution in [0.5, 0.6) is 0 Å². The lowest BCUT2D eigenvalue weighted by Crippen LogP contribution is -3.16. The van der Waals surface area contributed by atoms with Crippen molar-refractivity contribution in [2.75, 3.05) is 45.9 Å². The summed E-state index contributed by atoms with van der Waals surface area (Å²) in [6.45, 7) is 8.50. The van der Waals surface area contributed by atoms with Crippen molar-refractivity contribution < 1.29 is 19.3 Å². The van der Waals surface area contributed by atoms with E-state index in [9.17, 15) is 4.79 Å². The standard InChI is InChI=1S/C27H37N3O2/c1-22(27(25-10-6-3-7-11-25)30-16-18-32-19-17-30)28-26(31)21-29-14-12-24(13-15-29)20-23-8-4-2-5-9-23/h2-11,22,24,27H,12-21H2,1H3,(H,28,31)/p+2/t22-,27-/m1/s1. The lowest BCUT2D eigenvalue weighted by Gasteiger charge is -2.35. The van der Waals surface area contributed by atoms with Crippen molar-refractivity contribution in [3.05, 3.63) is 71.8 Å². The molecule has 2 aliphatic rings. The Labute approximate surface area is 192 Å². The van der Waals surface area contributed by atoms with Gasteiger partial charge in [-0.25, -0.2) is 0 Å². The molecule has 2 heterocycles. The van der Waals surface area contributed by atoms with E-state index in [2.05, 4.69) is 72.9 Å². The van der Waals surface area contributed by atoms with Crippen molar-refractivity contribution in [2.45, 2.75) is 38.3 Å². The quantitative estimate of drug-likeness (QED) is 0.569. The van der Waals surface area contributed by atoms with Gasteiger partial charge >= 0.3 is 0 Å². The van der Waals surface area contributed by atoms with Crippen molar-refractivity contribution in [1.29, 1.82) is 0 Å². The number of ether oxygens (including phenoxy) is 1. The van der Waals surface area contributed by atoms with E-state index in [1.807, 2.05) is 0 Å². The lowest BCUT2D eigenvalue weighted by molar-refractivity contribution is -0.940. The van der Waals surface area contributed by atoms with Crippen LogP contribution in [0.25, 0.3) is 0 Å². The Morgan fingerprint density at radius 3 is 2.25 bits per heavy atom. The first-order chi connectivity index (χ1) is 15.7. The van der Waals surface area contributed by atoms with E-state index in [1.54, 1.807) is 0 Å². The van der Waals surface area contributed by atoms with Crippen LogP contribution < -0.4 is 15.1 Å². The van der Waals surface area contributed by atoms with Gasteiger partial charge in [-0.1, -0.05) is 60.7 Å². The zero-order chi connectivity index (χ0) is 22.2. The van der Waals surface area contributed by atoms with Gasteiger partial charge in [0.25, 0.3) is 5.91 Å². The minimum absolute atomic E-state index is 0.0908. The molecule has 0 saturated carbocycles. The van der Waals surface area contributed by atoms with E-state index >= 15 is 0 Å². The summed E-state index contributed by atoms with van der Waals surface area (Å²) in [6, 6.07) is 21.8. The molecule has 4 rings (SSSR count). The molecular weight excluding hydrogens is 398 g/mol. The highest BCUT2D eigenvalue weighted by molar-refractivity contribution is 5.77. The minimum Gasteiger partial charge on any atom is -0.370 e. The fourth-order valence-corrected chi connectivity index (χ4v) is 5.51. The van der Waals surface area contributed by atoms with Crippen molar-refractivity contribution in [3.8, 4) is 0 Å². The molecule has 0 spiro atoms. The van der Waals surface area contributed by atoms with Gasteiger partial charge in [-0.15, -0.1) is 0 Å². The molecule has 0 unspecified atom stereocenters. The summed E-state index contributed by atoms with van der Waals surface area (Å²) >= 11 is 0. The predicted octanol–water partition coefficient (Wildman–Crippen LogP) is 0.685. The highest BCUT2D eigenvalue weighted by Gasteiger charge is 2.33. The largest absolute Gasteiger partial charge is 0.370 e. The van der Waals surface area contributed by atoms with Crippen LogP contribution in [0.4, 0.5) is 0 Å². The van der Waals surface area contributed by atoms with Crippen LogP contribution >= 0.6 is 0 Å². The molecule has 5 nitrogen and oxygen atoms in total. The van der Waals surface area contributed by atoms with Gasteiger partial charge in [0.05, 0.1) is 32.3 Å². The molecule has 2 atom stereocenters. The van der Waals surface area contributed by atoms with Crippen LogP contribution in [0.3, 0.4) is 0 Å². The Morgan fingerprint density at radius 2 is 1.59 bits per heavy atom. The normalized spacial score (nSPS) is 23.9. The molecule has 0 bridgehead atoms. The third kappa shape index (κ3) is 6.41. The smallest absolute Gasteiger partial charge is 0.275 e. The van der Waals surface area contributed by atoms with Gasteiger partial charge in [-0.05, 0) is 37.7 Å². The molecule has 3 N–H and O–H groups in total. The van der Waals surface area contributed by atoms with Crippen molar-refractivity contribution in [2.24, 2.45) is 5.92 Å². The van der Waals surface area contributed by atoms with Gasteiger partial charge < -0.3 is 19.9 Å². The van der Waals surface area contributed by atoms with E-state index in [1.165, 1.54) is 40.2 Å². The molecule has 2 fully saturated rings. The summed E-state index contributed by atoms with van der Waals surface area (Å²) < 4.78 is 5.58. The van der Waals surface area contributed by atoms with E-state index < -0.39 is 0 Å². The topological polar surface area (TPSA) is 47.2 Å². The fraction of sp³-hybridized carbons (Fsp3) is 0.519. The molecule has 2 aromatic rings. The van der Waals surface area contributed by atoms with E-state index in [0.717, 1.165) is 45.3 Å². The van der Waals surface area contributed by atoms with Gasteiger partial charge in [-0.2, -0.15) is 0 Å². The number of quaternary nitrogens is 2. The van der Waals surface area contributed by atoms with E-state index in [0.29, 0.717) is 6.54 Å². The second-order valence-corrected chi connectivity index (χ2v) is 9.58. The molecule has 0 aromatic heterocycles. The van der Waals surface area contributed by atoms with Crippen molar-refractivity contribution in [3.63, 3.8) is 0 Å². The average Bonchev–Trinajstić information content (AvgIpc) is 2.82. The maximum absolute atomic E-state index is 12.9. The lowest BCUT2D eigenvalue weighted by atomic mass is 9.90. The molecule has 172 valence electrons. The molecule has 2 saturated heterocycles. The van der Waals surface area contributed by atoms with Crippen LogP contribution in [-0.4, -0.2) is 57.9 Å². The highest BCUT2D eigenvalue weighted by Crippen LogP contribution is 2.17. The highest BCUT2D eigenvalue weighted by atomic mass is 16.5. The maximum atomic E-state index is 12.9. The van der Waals surface area contributed by atoms with Gasteiger partial charge in [0.1, 0.15) is 19.1 Å². The summed E-state index contributed by atoms with van der Waals surface area (Å²) in [5.41, 5.74) is 2.73. The number of carbonyl (C=O) groups excluding carboxylic acids is 1. The van der Waals surface area contributed by atoms with E-state index in [-0.39, 0.29) is 18.0 Å². The molecule has 0 aliphatic carbocycles. The third-order valence-electron chi connectivity index (χ3n) is 7.21. The zero-order valence-electron chi connectivity index (χ0n) is 19.4. The average molecular weight is 438 g/mol. The van der Waals surface area contributed by atoms with Crippen molar-refractivity contribution in [1.82, 2.24) is 5.32 Å². The van der Waals surface area contributed by atoms with Gasteiger partial charge in [-0.3, -0.25) is 4.79 Å². The first-order valence-electron chi connectivity index (χ1n) is 12.3. The third-order valence-corrected chi connectivity index (χ3v) is 7.21. The van der Waals surface area contributed by atoms with Crippen molar-refractivity contribution >= 4 is 5.91 Å². The zero-order valence-corrected chi connectivity index (χ0v) is 19.4. The van der Waals surface area contributed by atoms with Crippen LogP contribution in [0.2, 0.25) is 0 Å². The van der Waals surface area contributed by atoms with Gasteiger partial charge in [0.2, 0.25) is 0 Å². The Balaban J connectivity index is 1.28. The molecule has 5 heteroatoms. The van der Waals surface area contributed by atoms with Crippen LogP contribution in [0.1, 0.15) is 36.9 Å². The number of nitrogens with one attached hydrogen (secondary N) is 3. The Morgan fingerprint density at radius 1 is 0.969 bits per heavy atom. The molecule has 2 aromatic carbocycles. The maximum Gasteiger partial charge on any atom is 0.275 e. The fourth-order valence-electron chi connectivity index (χ4n) is 5.51. The number of rotatable bonds is 8. The minimum atomic E-state index is 0.0908. The number of amides is 1. The number of benzene rings is 2. The summed E-state index contributed by atoms with van der Waals surface area (Å²) in [4.78, 5) is 15.9. The number of carbonyl (C=O) groups is 1. The molecular formula is C27H39N3O2+2. The van der Waals surface area contributed by atoms with Gasteiger partial charge in [0, 0.05) is 5.56 Å². The van der Waals surface area contributed by atoms with Crippen LogP contribution in [0, 0.1) is 5.92 Å². The summed E-state index contributed by atoms with van der Waals surface area (Å²) in [6.07, 6.45) is 3.58. The first-order valence-corrected chi connectivity index (χ1v) is 12.3. The SMILES string of the molecule is C[C@@H](NC(=O)C[NH+]1CCC(Cc2ccccc2)CC1)[C@H](c1ccccc1)[NH+]1CCOCC1. The summed E-state index contributed by atoms with van der Waals surface area (Å²) in [5.74, 6) is 0.929. The monoisotopic (exact) mass is 437 g/mol. The Hall–Kier alpha value is -2.21. The van der Waals surface area contributed by atoms with Gasteiger partial charge in [0.15, 0.2) is 6.54 Å². The Kier molecular flexibility index (Phi) is 8.32. The van der Waals surface area contributed by atoms with Crippen LogP contribution in [0.15, 0.2) is 60.7 Å². The summed E-state index contributed by atoms with van der Waals surface area (Å²) in [5, 5.41) is 3.35. The second kappa shape index (κ2) is 11.6. The number of morpholine rings is 1. The second-order valence-electron chi connectivity index (χ2n) is 9.58. The molecule has 2 aliphatic heterocycles. The Bertz CT molecular complexity index is 815.